The van der Waals surface area contributed by atoms with E-state index in [1.165, 1.54) is 0 Å². The predicted octanol–water partition coefficient (Wildman–Crippen LogP) is -0.717. The molecule has 8 nitrogen and oxygen atoms in total. The van der Waals surface area contributed by atoms with E-state index in [9.17, 15) is 0 Å². The van der Waals surface area contributed by atoms with Gasteiger partial charge in [-0.25, -0.2) is 0 Å². The van der Waals surface area contributed by atoms with E-state index >= 15 is 0 Å². The van der Waals surface area contributed by atoms with Crippen molar-refractivity contribution in [1.82, 2.24) is 5.32 Å². The van der Waals surface area contributed by atoms with Gasteiger partial charge in [0.25, 0.3) is 0 Å². The van der Waals surface area contributed by atoms with Gasteiger partial charge in [-0.2, -0.15) is 8.42 Å². The molecule has 0 saturated heterocycles. The third-order valence-corrected chi connectivity index (χ3v) is 1.05. The smallest absolute Gasteiger partial charge is 0.394 e. The summed E-state index contributed by atoms with van der Waals surface area (Å²) in [6.45, 7) is 9.60. The summed E-state index contributed by atoms with van der Waals surface area (Å²) in [6.07, 6.45) is 3.42. The Morgan fingerprint density at radius 2 is 1.32 bits per heavy atom. The lowest BCUT2D eigenvalue weighted by Crippen LogP contribution is -2.21. The fourth-order valence-electron chi connectivity index (χ4n) is 0.518. The second-order valence-corrected chi connectivity index (χ2v) is 3.66. The fourth-order valence-corrected chi connectivity index (χ4v) is 0.518. The minimum atomic E-state index is -4.67. The van der Waals surface area contributed by atoms with Crippen LogP contribution < -0.4 is 5.32 Å². The van der Waals surface area contributed by atoms with Crippen LogP contribution in [0.3, 0.4) is 0 Å². The third-order valence-electron chi connectivity index (χ3n) is 1.05. The third kappa shape index (κ3) is 76.7. The number of rotatable bonds is 8. The van der Waals surface area contributed by atoms with Crippen molar-refractivity contribution in [2.45, 2.75) is 0 Å². The van der Waals surface area contributed by atoms with Gasteiger partial charge in [0.1, 0.15) is 0 Å². The van der Waals surface area contributed by atoms with Gasteiger partial charge in [-0.3, -0.25) is 9.11 Å². The van der Waals surface area contributed by atoms with E-state index in [1.807, 2.05) is 0 Å². The number of hydrogen-bond donors (Lipinski definition) is 5. The Morgan fingerprint density at radius 1 is 1.00 bits per heavy atom. The van der Waals surface area contributed by atoms with E-state index in [0.717, 1.165) is 0 Å². The quantitative estimate of drug-likeness (QED) is 0.225. The SMILES string of the molecule is C=CCOCC=C.O=S(=O)(O)O.OCCNCCO. The highest BCUT2D eigenvalue weighted by atomic mass is 32.3. The summed E-state index contributed by atoms with van der Waals surface area (Å²) in [4.78, 5) is 0. The molecule has 0 heterocycles. The summed E-state index contributed by atoms with van der Waals surface area (Å²) in [6, 6.07) is 0. The van der Waals surface area contributed by atoms with Gasteiger partial charge in [-0.05, 0) is 0 Å². The number of aliphatic hydroxyl groups is 2. The first kappa shape index (κ1) is 23.3. The molecule has 0 aliphatic carbocycles. The van der Waals surface area contributed by atoms with E-state index in [0.29, 0.717) is 26.3 Å². The Morgan fingerprint density at radius 3 is 1.53 bits per heavy atom. The molecule has 0 rings (SSSR count). The molecule has 0 radical (unpaired) electrons. The van der Waals surface area contributed by atoms with Crippen LogP contribution in [0.2, 0.25) is 0 Å². The number of nitrogens with one attached hydrogen (secondary N) is 1. The molecular weight excluding hydrogens is 278 g/mol. The Balaban J connectivity index is -0.000000206. The molecule has 0 bridgehead atoms. The Labute approximate surface area is 114 Å². The highest BCUT2D eigenvalue weighted by molar-refractivity contribution is 7.79. The molecule has 116 valence electrons. The topological polar surface area (TPSA) is 136 Å². The van der Waals surface area contributed by atoms with E-state index in [-0.39, 0.29) is 13.2 Å². The summed E-state index contributed by atoms with van der Waals surface area (Å²) in [5.41, 5.74) is 0. The zero-order chi connectivity index (χ0) is 15.6. The van der Waals surface area contributed by atoms with Crippen LogP contribution in [0, 0.1) is 0 Å². The molecule has 0 spiro atoms. The van der Waals surface area contributed by atoms with Crippen molar-refractivity contribution in [2.75, 3.05) is 39.5 Å². The summed E-state index contributed by atoms with van der Waals surface area (Å²) in [5.74, 6) is 0. The van der Waals surface area contributed by atoms with Crippen LogP contribution in [0.25, 0.3) is 0 Å². The van der Waals surface area contributed by atoms with E-state index < -0.39 is 10.4 Å². The lowest BCUT2D eigenvalue weighted by atomic mass is 10.6. The molecular formula is C10H23NO7S. The minimum absolute atomic E-state index is 0.139. The van der Waals surface area contributed by atoms with Gasteiger partial charge in [0.15, 0.2) is 0 Å². The van der Waals surface area contributed by atoms with Crippen molar-refractivity contribution < 1.29 is 32.5 Å². The number of hydrogen-bond acceptors (Lipinski definition) is 6. The second kappa shape index (κ2) is 19.5. The molecule has 0 aromatic rings. The van der Waals surface area contributed by atoms with Crippen molar-refractivity contribution in [3.63, 3.8) is 0 Å². The first-order valence-corrected chi connectivity index (χ1v) is 6.65. The lowest BCUT2D eigenvalue weighted by molar-refractivity contribution is 0.194. The van der Waals surface area contributed by atoms with Crippen molar-refractivity contribution >= 4 is 10.4 Å². The highest BCUT2D eigenvalue weighted by Gasteiger charge is 1.84. The van der Waals surface area contributed by atoms with Crippen LogP contribution in [-0.4, -0.2) is 67.3 Å². The second-order valence-electron chi connectivity index (χ2n) is 2.76. The minimum Gasteiger partial charge on any atom is -0.395 e. The molecule has 0 atom stereocenters. The lowest BCUT2D eigenvalue weighted by Gasteiger charge is -1.94. The summed E-state index contributed by atoms with van der Waals surface area (Å²) in [7, 11) is -4.67. The molecule has 0 fully saturated rings. The maximum atomic E-state index is 8.74. The zero-order valence-electron chi connectivity index (χ0n) is 10.7. The van der Waals surface area contributed by atoms with Crippen molar-refractivity contribution in [3.05, 3.63) is 25.3 Å². The molecule has 5 N–H and O–H groups in total. The van der Waals surface area contributed by atoms with Crippen LogP contribution >= 0.6 is 0 Å². The van der Waals surface area contributed by atoms with Gasteiger partial charge in [-0.1, -0.05) is 12.2 Å². The molecule has 0 aromatic carbocycles. The number of ether oxygens (including phenoxy) is 1. The van der Waals surface area contributed by atoms with Crippen molar-refractivity contribution in [2.24, 2.45) is 0 Å². The Hall–Kier alpha value is -0.810. The van der Waals surface area contributed by atoms with E-state index in [1.54, 1.807) is 12.2 Å². The van der Waals surface area contributed by atoms with Crippen molar-refractivity contribution in [3.8, 4) is 0 Å². The molecule has 0 aliphatic rings. The summed E-state index contributed by atoms with van der Waals surface area (Å²) < 4.78 is 36.5. The van der Waals surface area contributed by atoms with Crippen LogP contribution in [0.4, 0.5) is 0 Å². The first-order chi connectivity index (χ1) is 8.83. The molecule has 0 amide bonds. The van der Waals surface area contributed by atoms with Gasteiger partial charge >= 0.3 is 10.4 Å². The predicted molar refractivity (Wildman–Crippen MR) is 72.4 cm³/mol. The molecule has 0 aromatic heterocycles. The van der Waals surface area contributed by atoms with Crippen LogP contribution in [0.1, 0.15) is 0 Å². The average molecular weight is 301 g/mol. The molecule has 0 unspecified atom stereocenters. The van der Waals surface area contributed by atoms with Crippen LogP contribution in [0.15, 0.2) is 25.3 Å². The van der Waals surface area contributed by atoms with Gasteiger partial charge in [0.05, 0.1) is 26.4 Å². The molecule has 9 heteroatoms. The highest BCUT2D eigenvalue weighted by Crippen LogP contribution is 1.72. The maximum absolute atomic E-state index is 8.74. The Kier molecular flexibility index (Phi) is 23.9. The number of aliphatic hydroxyl groups excluding tert-OH is 2. The molecule has 0 aliphatic heterocycles. The molecule has 19 heavy (non-hydrogen) atoms. The van der Waals surface area contributed by atoms with E-state index in [4.69, 9.17) is 32.5 Å². The standard InChI is InChI=1S/C6H10O.C4H11NO2.H2O4S/c1-3-5-7-6-4-2;6-3-1-5-2-4-7;1-5(2,3)4/h3-4H,1-2,5-6H2;5-7H,1-4H2;(H2,1,2,3,4). The van der Waals surface area contributed by atoms with Crippen molar-refractivity contribution in [1.29, 1.82) is 0 Å². The first-order valence-electron chi connectivity index (χ1n) is 5.25. The monoisotopic (exact) mass is 301 g/mol. The largest absolute Gasteiger partial charge is 0.395 e. The average Bonchev–Trinajstić information content (AvgIpc) is 2.29. The summed E-state index contributed by atoms with van der Waals surface area (Å²) >= 11 is 0. The normalized spacial score (nSPS) is 9.47. The Bertz CT molecular complexity index is 260. The molecule has 0 saturated carbocycles. The van der Waals surface area contributed by atoms with Crippen LogP contribution in [-0.2, 0) is 15.1 Å². The van der Waals surface area contributed by atoms with Gasteiger partial charge < -0.3 is 20.3 Å². The maximum Gasteiger partial charge on any atom is 0.394 e. The van der Waals surface area contributed by atoms with Gasteiger partial charge in [0.2, 0.25) is 0 Å². The van der Waals surface area contributed by atoms with Crippen LogP contribution in [0.5, 0.6) is 0 Å². The van der Waals surface area contributed by atoms with Gasteiger partial charge in [-0.15, -0.1) is 13.2 Å². The fraction of sp³-hybridized carbons (Fsp3) is 0.600. The zero-order valence-corrected chi connectivity index (χ0v) is 11.5. The summed E-state index contributed by atoms with van der Waals surface area (Å²) in [5, 5.41) is 19.1. The van der Waals surface area contributed by atoms with Gasteiger partial charge in [0, 0.05) is 13.1 Å². The van der Waals surface area contributed by atoms with E-state index in [2.05, 4.69) is 18.5 Å².